The van der Waals surface area contributed by atoms with Crippen LogP contribution >= 0.6 is 0 Å². The van der Waals surface area contributed by atoms with Crippen molar-refractivity contribution in [2.75, 3.05) is 0 Å². The SMILES string of the molecule is C[Si](C)(C)[C]1[CH][CH][C]([Si](C)(C)C)[CH]1.C[Si](C)(C)[C]1[CH][CH][C]([Si](C)(C)C)[CH]1.[Yb]. The molecule has 0 heterocycles. The summed E-state index contributed by atoms with van der Waals surface area (Å²) in [6.07, 6.45) is 14.3. The zero-order chi connectivity index (χ0) is 20.6. The van der Waals surface area contributed by atoms with E-state index >= 15 is 0 Å². The van der Waals surface area contributed by atoms with Crippen molar-refractivity contribution < 1.29 is 46.9 Å². The molecule has 0 bridgehead atoms. The van der Waals surface area contributed by atoms with Crippen LogP contribution in [-0.2, 0) is 0 Å². The van der Waals surface area contributed by atoms with Gasteiger partial charge >= 0.3 is 0 Å². The summed E-state index contributed by atoms with van der Waals surface area (Å²) in [5.41, 5.74) is 6.46. The predicted molar refractivity (Wildman–Crippen MR) is 132 cm³/mol. The van der Waals surface area contributed by atoms with E-state index in [1.807, 2.05) is 0 Å². The summed E-state index contributed by atoms with van der Waals surface area (Å²) in [7, 11) is -4.28. The summed E-state index contributed by atoms with van der Waals surface area (Å²) >= 11 is 0. The number of hydrogen-bond donors (Lipinski definition) is 0. The summed E-state index contributed by atoms with van der Waals surface area (Å²) in [6, 6.07) is 0. The second kappa shape index (κ2) is 10.8. The first-order chi connectivity index (χ1) is 11.4. The molecule has 0 saturated heterocycles. The van der Waals surface area contributed by atoms with E-state index in [2.05, 4.69) is 117 Å². The Kier molecular flexibility index (Phi) is 11.8. The molecule has 0 spiro atoms. The Bertz CT molecular complexity index is 355. The van der Waals surface area contributed by atoms with Crippen LogP contribution in [0.4, 0.5) is 0 Å². The Morgan fingerprint density at radius 3 is 0.593 bits per heavy atom. The minimum absolute atomic E-state index is 0. The van der Waals surface area contributed by atoms with E-state index in [4.69, 9.17) is 0 Å². The topological polar surface area (TPSA) is 0 Å². The Labute approximate surface area is 216 Å². The minimum atomic E-state index is -1.07. The molecule has 0 unspecified atom stereocenters. The van der Waals surface area contributed by atoms with Crippen molar-refractivity contribution in [1.82, 2.24) is 0 Å². The van der Waals surface area contributed by atoms with Crippen molar-refractivity contribution in [3.05, 3.63) is 60.7 Å². The maximum atomic E-state index is 2.46. The molecule has 2 aliphatic carbocycles. The van der Waals surface area contributed by atoms with Gasteiger partial charge in [-0.3, -0.25) is 0 Å². The molecule has 0 nitrogen and oxygen atoms in total. The van der Waals surface area contributed by atoms with Crippen LogP contribution in [0.15, 0.2) is 0 Å². The maximum absolute atomic E-state index is 2.46. The molecule has 0 aromatic rings. The van der Waals surface area contributed by atoms with Crippen molar-refractivity contribution in [2.24, 2.45) is 0 Å². The smallest absolute Gasteiger partial charge is 0.0516 e. The zero-order valence-electron chi connectivity index (χ0n) is 19.7. The van der Waals surface area contributed by atoms with E-state index in [0.29, 0.717) is 0 Å². The van der Waals surface area contributed by atoms with Crippen LogP contribution in [0.2, 0.25) is 78.6 Å². The molecule has 0 aliphatic heterocycles. The maximum Gasteiger partial charge on any atom is 0.0516 e. The van der Waals surface area contributed by atoms with E-state index in [0.717, 1.165) is 0 Å². The van der Waals surface area contributed by atoms with Crippen molar-refractivity contribution in [2.45, 2.75) is 78.6 Å². The van der Waals surface area contributed by atoms with Gasteiger partial charge in [0, 0.05) is 46.9 Å². The largest absolute Gasteiger partial charge is 0.0691 e. The van der Waals surface area contributed by atoms with Crippen LogP contribution in [0.25, 0.3) is 0 Å². The van der Waals surface area contributed by atoms with Gasteiger partial charge in [-0.15, -0.1) is 0 Å². The summed E-state index contributed by atoms with van der Waals surface area (Å²) in [5.74, 6) is 0. The summed E-state index contributed by atoms with van der Waals surface area (Å²) in [4.78, 5) is 0. The Hall–Kier alpha value is 2.39. The van der Waals surface area contributed by atoms with Crippen molar-refractivity contribution in [3.63, 3.8) is 0 Å². The standard InChI is InChI=1S/2C11H21Si2.Yb/c2*1-12(2,3)10-7-8-11(9-10)13(4,5)6;/h2*7-9H,1-6H3;. The Balaban J connectivity index is 0.000000483. The third-order valence-electron chi connectivity index (χ3n) is 4.97. The van der Waals surface area contributed by atoms with Gasteiger partial charge in [0.25, 0.3) is 0 Å². The van der Waals surface area contributed by atoms with E-state index in [1.54, 1.807) is 22.2 Å². The van der Waals surface area contributed by atoms with Crippen LogP contribution in [-0.4, -0.2) is 32.3 Å². The van der Waals surface area contributed by atoms with Gasteiger partial charge in [-0.25, -0.2) is 0 Å². The molecule has 10 radical (unpaired) electrons. The molecule has 0 N–H and O–H groups in total. The van der Waals surface area contributed by atoms with Gasteiger partial charge in [0.15, 0.2) is 0 Å². The number of hydrogen-bond acceptors (Lipinski definition) is 0. The van der Waals surface area contributed by atoms with Crippen molar-refractivity contribution >= 4 is 32.3 Å². The molecular formula is C22H42Si4Yb. The van der Waals surface area contributed by atoms with Crippen molar-refractivity contribution in [1.29, 1.82) is 0 Å². The molecule has 0 aromatic heterocycles. The van der Waals surface area contributed by atoms with E-state index < -0.39 is 32.3 Å². The zero-order valence-corrected chi connectivity index (χ0v) is 25.4. The van der Waals surface area contributed by atoms with E-state index in [-0.39, 0.29) is 46.9 Å². The van der Waals surface area contributed by atoms with E-state index in [1.165, 1.54) is 0 Å². The fourth-order valence-electron chi connectivity index (χ4n) is 2.75. The Morgan fingerprint density at radius 1 is 0.370 bits per heavy atom. The molecule has 2 fully saturated rings. The van der Waals surface area contributed by atoms with Gasteiger partial charge < -0.3 is 0 Å². The molecule has 5 heteroatoms. The molecule has 0 aromatic carbocycles. The van der Waals surface area contributed by atoms with Gasteiger partial charge in [-0.05, 0) is 60.7 Å². The second-order valence-electron chi connectivity index (χ2n) is 11.8. The fourth-order valence-corrected chi connectivity index (χ4v) is 7.73. The molecule has 2 saturated carbocycles. The summed E-state index contributed by atoms with van der Waals surface area (Å²) < 4.78 is 0. The monoisotopic (exact) mass is 592 g/mol. The molecular weight excluding hydrogens is 550 g/mol. The first kappa shape index (κ1) is 29.4. The second-order valence-corrected chi connectivity index (χ2v) is 32.1. The van der Waals surface area contributed by atoms with Crippen LogP contribution in [0.1, 0.15) is 0 Å². The molecule has 0 atom stereocenters. The first-order valence-corrected chi connectivity index (χ1v) is 24.0. The van der Waals surface area contributed by atoms with Gasteiger partial charge in [-0.1, -0.05) is 78.6 Å². The normalized spacial score (nSPS) is 21.8. The average molecular weight is 592 g/mol. The summed E-state index contributed by atoms with van der Waals surface area (Å²) in [5, 5.41) is 0. The predicted octanol–water partition coefficient (Wildman–Crippen LogP) is 7.03. The minimum Gasteiger partial charge on any atom is -0.0691 e. The molecule has 2 rings (SSSR count). The molecule has 0 amide bonds. The van der Waals surface area contributed by atoms with Crippen LogP contribution in [0, 0.1) is 108 Å². The third kappa shape index (κ3) is 10.0. The van der Waals surface area contributed by atoms with Gasteiger partial charge in [-0.2, -0.15) is 0 Å². The molecule has 27 heavy (non-hydrogen) atoms. The number of rotatable bonds is 4. The first-order valence-electron chi connectivity index (χ1n) is 9.98. The van der Waals surface area contributed by atoms with Crippen LogP contribution < -0.4 is 0 Å². The fraction of sp³-hybridized carbons (Fsp3) is 0.545. The molecule has 160 valence electrons. The van der Waals surface area contributed by atoms with E-state index in [9.17, 15) is 0 Å². The van der Waals surface area contributed by atoms with Crippen LogP contribution in [0.3, 0.4) is 0 Å². The van der Waals surface area contributed by atoms with Crippen LogP contribution in [0.5, 0.6) is 0 Å². The third-order valence-corrected chi connectivity index (χ3v) is 13.1. The Morgan fingerprint density at radius 2 is 0.519 bits per heavy atom. The van der Waals surface area contributed by atoms with Gasteiger partial charge in [0.2, 0.25) is 0 Å². The van der Waals surface area contributed by atoms with Gasteiger partial charge in [0.05, 0.1) is 32.3 Å². The van der Waals surface area contributed by atoms with Gasteiger partial charge in [0.1, 0.15) is 0 Å². The quantitative estimate of drug-likeness (QED) is 0.308. The molecule has 2 aliphatic rings. The average Bonchev–Trinajstić information content (AvgIpc) is 3.06. The van der Waals surface area contributed by atoms with Crippen molar-refractivity contribution in [3.8, 4) is 0 Å². The summed E-state index contributed by atoms with van der Waals surface area (Å²) in [6.45, 7) is 29.0.